The monoisotopic (exact) mass is 226 g/mol. The van der Waals surface area contributed by atoms with Crippen molar-refractivity contribution in [1.29, 1.82) is 0 Å². The van der Waals surface area contributed by atoms with Crippen molar-refractivity contribution in [2.75, 3.05) is 26.8 Å². The summed E-state index contributed by atoms with van der Waals surface area (Å²) in [6.07, 6.45) is 8.98. The SMILES string of the molecule is CN(CC1(N)CCOCC1)C1CCCCC1. The van der Waals surface area contributed by atoms with Crippen LogP contribution >= 0.6 is 0 Å². The molecule has 0 radical (unpaired) electrons. The lowest BCUT2D eigenvalue weighted by molar-refractivity contribution is 0.0324. The van der Waals surface area contributed by atoms with Gasteiger partial charge in [0, 0.05) is 31.3 Å². The lowest BCUT2D eigenvalue weighted by Gasteiger charge is -2.40. The number of hydrogen-bond donors (Lipinski definition) is 1. The molecule has 0 spiro atoms. The summed E-state index contributed by atoms with van der Waals surface area (Å²) in [7, 11) is 2.25. The molecule has 1 saturated carbocycles. The topological polar surface area (TPSA) is 38.5 Å². The van der Waals surface area contributed by atoms with Gasteiger partial charge in [-0.15, -0.1) is 0 Å². The Labute approximate surface area is 99.3 Å². The van der Waals surface area contributed by atoms with E-state index in [-0.39, 0.29) is 5.54 Å². The quantitative estimate of drug-likeness (QED) is 0.797. The Bertz CT molecular complexity index is 208. The van der Waals surface area contributed by atoms with E-state index in [0.717, 1.165) is 38.6 Å². The first kappa shape index (κ1) is 12.3. The molecule has 2 rings (SSSR count). The minimum atomic E-state index is 0.00441. The fraction of sp³-hybridized carbons (Fsp3) is 1.00. The summed E-state index contributed by atoms with van der Waals surface area (Å²) in [5.74, 6) is 0. The van der Waals surface area contributed by atoms with E-state index in [1.165, 1.54) is 32.1 Å². The first-order valence-electron chi connectivity index (χ1n) is 6.76. The van der Waals surface area contributed by atoms with Crippen molar-refractivity contribution in [3.8, 4) is 0 Å². The molecule has 0 unspecified atom stereocenters. The van der Waals surface area contributed by atoms with Gasteiger partial charge in [-0.1, -0.05) is 19.3 Å². The maximum absolute atomic E-state index is 6.44. The minimum Gasteiger partial charge on any atom is -0.381 e. The van der Waals surface area contributed by atoms with Crippen molar-refractivity contribution in [3.63, 3.8) is 0 Å². The summed E-state index contributed by atoms with van der Waals surface area (Å²) in [5, 5.41) is 0. The van der Waals surface area contributed by atoms with E-state index in [2.05, 4.69) is 11.9 Å². The standard InChI is InChI=1S/C13H26N2O/c1-15(12-5-3-2-4-6-12)11-13(14)7-9-16-10-8-13/h12H,2-11,14H2,1H3. The second-order valence-corrected chi connectivity index (χ2v) is 5.68. The predicted octanol–water partition coefficient (Wildman–Crippen LogP) is 1.76. The lowest BCUT2D eigenvalue weighted by atomic mass is 9.88. The number of nitrogens with zero attached hydrogens (tertiary/aromatic N) is 1. The molecule has 1 heterocycles. The highest BCUT2D eigenvalue weighted by atomic mass is 16.5. The summed E-state index contributed by atoms with van der Waals surface area (Å²) >= 11 is 0. The van der Waals surface area contributed by atoms with Gasteiger partial charge in [-0.25, -0.2) is 0 Å². The van der Waals surface area contributed by atoms with Gasteiger partial charge < -0.3 is 15.4 Å². The highest BCUT2D eigenvalue weighted by Crippen LogP contribution is 2.25. The molecule has 1 aliphatic carbocycles. The molecule has 1 saturated heterocycles. The number of rotatable bonds is 3. The van der Waals surface area contributed by atoms with Gasteiger partial charge in [0.1, 0.15) is 0 Å². The van der Waals surface area contributed by atoms with Gasteiger partial charge in [0.15, 0.2) is 0 Å². The van der Waals surface area contributed by atoms with Crippen molar-refractivity contribution in [3.05, 3.63) is 0 Å². The van der Waals surface area contributed by atoms with Crippen molar-refractivity contribution < 1.29 is 4.74 Å². The average molecular weight is 226 g/mol. The van der Waals surface area contributed by atoms with Crippen LogP contribution in [0, 0.1) is 0 Å². The molecule has 16 heavy (non-hydrogen) atoms. The Morgan fingerprint density at radius 1 is 1.19 bits per heavy atom. The smallest absolute Gasteiger partial charge is 0.0484 e. The predicted molar refractivity (Wildman–Crippen MR) is 66.5 cm³/mol. The molecule has 0 aromatic heterocycles. The molecule has 1 aliphatic heterocycles. The Morgan fingerprint density at radius 2 is 1.81 bits per heavy atom. The Morgan fingerprint density at radius 3 is 2.44 bits per heavy atom. The third kappa shape index (κ3) is 3.19. The van der Waals surface area contributed by atoms with E-state index in [1.807, 2.05) is 0 Å². The van der Waals surface area contributed by atoms with Gasteiger partial charge in [0.2, 0.25) is 0 Å². The van der Waals surface area contributed by atoms with E-state index in [1.54, 1.807) is 0 Å². The molecule has 0 aromatic rings. The molecule has 3 heteroatoms. The summed E-state index contributed by atoms with van der Waals surface area (Å²) < 4.78 is 5.39. The van der Waals surface area contributed by atoms with Crippen LogP contribution in [0.15, 0.2) is 0 Å². The maximum atomic E-state index is 6.44. The highest BCUT2D eigenvalue weighted by Gasteiger charge is 2.31. The molecular weight excluding hydrogens is 200 g/mol. The number of hydrogen-bond acceptors (Lipinski definition) is 3. The Hall–Kier alpha value is -0.120. The van der Waals surface area contributed by atoms with E-state index in [9.17, 15) is 0 Å². The molecule has 2 N–H and O–H groups in total. The van der Waals surface area contributed by atoms with E-state index >= 15 is 0 Å². The fourth-order valence-electron chi connectivity index (χ4n) is 3.08. The summed E-state index contributed by atoms with van der Waals surface area (Å²) in [6.45, 7) is 2.73. The van der Waals surface area contributed by atoms with Crippen LogP contribution in [0.5, 0.6) is 0 Å². The van der Waals surface area contributed by atoms with Crippen LogP contribution in [-0.4, -0.2) is 43.3 Å². The molecule has 0 aromatic carbocycles. The van der Waals surface area contributed by atoms with Gasteiger partial charge in [-0.05, 0) is 32.7 Å². The molecule has 2 fully saturated rings. The van der Waals surface area contributed by atoms with Crippen molar-refractivity contribution in [2.24, 2.45) is 5.73 Å². The van der Waals surface area contributed by atoms with Crippen molar-refractivity contribution >= 4 is 0 Å². The molecular formula is C13H26N2O. The van der Waals surface area contributed by atoms with E-state index < -0.39 is 0 Å². The van der Waals surface area contributed by atoms with E-state index in [4.69, 9.17) is 10.5 Å². The lowest BCUT2D eigenvalue weighted by Crippen LogP contribution is -2.54. The zero-order valence-electron chi connectivity index (χ0n) is 10.6. The highest BCUT2D eigenvalue weighted by molar-refractivity contribution is 4.90. The van der Waals surface area contributed by atoms with Gasteiger partial charge in [-0.2, -0.15) is 0 Å². The Balaban J connectivity index is 1.82. The van der Waals surface area contributed by atoms with E-state index in [0.29, 0.717) is 0 Å². The zero-order chi connectivity index (χ0) is 11.4. The van der Waals surface area contributed by atoms with Gasteiger partial charge in [0.05, 0.1) is 0 Å². The Kier molecular flexibility index (Phi) is 4.22. The number of likely N-dealkylation sites (N-methyl/N-ethyl adjacent to an activating group) is 1. The van der Waals surface area contributed by atoms with Crippen LogP contribution in [0.2, 0.25) is 0 Å². The average Bonchev–Trinajstić information content (AvgIpc) is 2.30. The van der Waals surface area contributed by atoms with Crippen molar-refractivity contribution in [2.45, 2.75) is 56.5 Å². The molecule has 0 bridgehead atoms. The summed E-state index contributed by atoms with van der Waals surface area (Å²) in [5.41, 5.74) is 6.45. The normalized spacial score (nSPS) is 27.2. The molecule has 2 aliphatic rings. The van der Waals surface area contributed by atoms with Crippen LogP contribution in [0.1, 0.15) is 44.9 Å². The molecule has 0 atom stereocenters. The first-order chi connectivity index (χ1) is 7.70. The van der Waals surface area contributed by atoms with Crippen LogP contribution in [0.3, 0.4) is 0 Å². The second-order valence-electron chi connectivity index (χ2n) is 5.68. The largest absolute Gasteiger partial charge is 0.381 e. The molecule has 3 nitrogen and oxygen atoms in total. The van der Waals surface area contributed by atoms with Crippen LogP contribution in [0.25, 0.3) is 0 Å². The fourth-order valence-corrected chi connectivity index (χ4v) is 3.08. The van der Waals surface area contributed by atoms with Crippen LogP contribution in [0.4, 0.5) is 0 Å². The van der Waals surface area contributed by atoms with Gasteiger partial charge >= 0.3 is 0 Å². The second kappa shape index (κ2) is 5.48. The van der Waals surface area contributed by atoms with Crippen molar-refractivity contribution in [1.82, 2.24) is 4.90 Å². The third-order valence-electron chi connectivity index (χ3n) is 4.25. The summed E-state index contributed by atoms with van der Waals surface area (Å²) in [6, 6.07) is 0.775. The van der Waals surface area contributed by atoms with Gasteiger partial charge in [-0.3, -0.25) is 0 Å². The third-order valence-corrected chi connectivity index (χ3v) is 4.25. The molecule has 94 valence electrons. The molecule has 0 amide bonds. The minimum absolute atomic E-state index is 0.00441. The summed E-state index contributed by atoms with van der Waals surface area (Å²) in [4.78, 5) is 2.50. The van der Waals surface area contributed by atoms with Gasteiger partial charge in [0.25, 0.3) is 0 Å². The maximum Gasteiger partial charge on any atom is 0.0484 e. The number of nitrogens with two attached hydrogens (primary N) is 1. The van der Waals surface area contributed by atoms with Crippen LogP contribution < -0.4 is 5.73 Å². The van der Waals surface area contributed by atoms with Crippen LogP contribution in [-0.2, 0) is 4.74 Å². The zero-order valence-corrected chi connectivity index (χ0v) is 10.6. The first-order valence-corrected chi connectivity index (χ1v) is 6.76. The number of ether oxygens (including phenoxy) is 1.